The van der Waals surface area contributed by atoms with E-state index in [4.69, 9.17) is 11.5 Å². The van der Waals surface area contributed by atoms with Crippen LogP contribution in [0, 0.1) is 18.3 Å². The van der Waals surface area contributed by atoms with Gasteiger partial charge in [-0.05, 0) is 19.3 Å². The highest BCUT2D eigenvalue weighted by atomic mass is 16.4. The van der Waals surface area contributed by atoms with Crippen molar-refractivity contribution in [1.29, 1.82) is 0 Å². The third-order valence-corrected chi connectivity index (χ3v) is 2.25. The van der Waals surface area contributed by atoms with E-state index in [0.29, 0.717) is 13.0 Å². The average Bonchev–Trinajstić information content (AvgIpc) is 2.23. The van der Waals surface area contributed by atoms with E-state index in [2.05, 4.69) is 11.2 Å². The summed E-state index contributed by atoms with van der Waals surface area (Å²) in [6.07, 6.45) is 5.52. The number of urea groups is 1. The van der Waals surface area contributed by atoms with Crippen LogP contribution in [0.3, 0.4) is 0 Å². The fourth-order valence-electron chi connectivity index (χ4n) is 1.37. The Morgan fingerprint density at radius 1 is 1.47 bits per heavy atom. The Hall–Kier alpha value is -1.70. The molecule has 0 rings (SSSR count). The largest absolute Gasteiger partial charge is 0.480 e. The molecule has 2 amide bonds. The Kier molecular flexibility index (Phi) is 6.80. The van der Waals surface area contributed by atoms with Crippen molar-refractivity contribution in [2.24, 2.45) is 5.92 Å². The molecule has 0 aromatic carbocycles. The number of carboxylic acid groups (broad SMARTS) is 1. The molecule has 0 radical (unpaired) electrons. The molecule has 1 unspecified atom stereocenters. The number of terminal acetylenes is 1. The van der Waals surface area contributed by atoms with Crippen molar-refractivity contribution in [2.75, 3.05) is 13.1 Å². The first kappa shape index (κ1) is 15.3. The van der Waals surface area contributed by atoms with E-state index in [1.807, 2.05) is 13.8 Å². The van der Waals surface area contributed by atoms with Gasteiger partial charge in [-0.3, -0.25) is 0 Å². The van der Waals surface area contributed by atoms with Gasteiger partial charge in [0.2, 0.25) is 0 Å². The fourth-order valence-corrected chi connectivity index (χ4v) is 1.37. The number of nitrogens with zero attached hydrogens (tertiary/aromatic N) is 1. The van der Waals surface area contributed by atoms with Crippen LogP contribution in [0.4, 0.5) is 4.79 Å². The molecule has 0 spiro atoms. The van der Waals surface area contributed by atoms with Gasteiger partial charge in [-0.1, -0.05) is 19.8 Å². The Balaban J connectivity index is 4.49. The van der Waals surface area contributed by atoms with Crippen LogP contribution in [0.5, 0.6) is 0 Å². The van der Waals surface area contributed by atoms with E-state index in [1.54, 1.807) is 6.92 Å². The van der Waals surface area contributed by atoms with Gasteiger partial charge in [0.05, 0.1) is 6.54 Å². The van der Waals surface area contributed by atoms with Crippen LogP contribution in [-0.2, 0) is 4.79 Å². The number of carbonyl (C=O) groups is 2. The Morgan fingerprint density at radius 3 is 2.41 bits per heavy atom. The highest BCUT2D eigenvalue weighted by Crippen LogP contribution is 2.05. The van der Waals surface area contributed by atoms with Crippen LogP contribution >= 0.6 is 0 Å². The van der Waals surface area contributed by atoms with Crippen molar-refractivity contribution in [2.45, 2.75) is 33.2 Å². The zero-order chi connectivity index (χ0) is 13.4. The number of carbonyl (C=O) groups excluding carboxylic acids is 1. The summed E-state index contributed by atoms with van der Waals surface area (Å²) in [5.74, 6) is 1.53. The molecule has 0 aliphatic rings. The summed E-state index contributed by atoms with van der Waals surface area (Å²) >= 11 is 0. The van der Waals surface area contributed by atoms with Crippen LogP contribution in [0.25, 0.3) is 0 Å². The first-order valence-electron chi connectivity index (χ1n) is 5.64. The lowest BCUT2D eigenvalue weighted by molar-refractivity contribution is -0.139. The number of aliphatic carboxylic acids is 1. The summed E-state index contributed by atoms with van der Waals surface area (Å²) in [5, 5.41) is 11.5. The number of hydrogen-bond acceptors (Lipinski definition) is 2. The quantitative estimate of drug-likeness (QED) is 0.684. The van der Waals surface area contributed by atoms with E-state index in [0.717, 1.165) is 0 Å². The summed E-state index contributed by atoms with van der Waals surface area (Å²) in [4.78, 5) is 24.1. The maximum absolute atomic E-state index is 11.7. The van der Waals surface area contributed by atoms with Crippen LogP contribution < -0.4 is 5.32 Å². The van der Waals surface area contributed by atoms with E-state index < -0.39 is 18.0 Å². The molecule has 0 saturated carbocycles. The van der Waals surface area contributed by atoms with Gasteiger partial charge in [-0.15, -0.1) is 6.42 Å². The number of amides is 2. The van der Waals surface area contributed by atoms with E-state index in [-0.39, 0.29) is 12.5 Å². The zero-order valence-corrected chi connectivity index (χ0v) is 10.6. The molecule has 0 bridgehead atoms. The molecule has 0 aromatic heterocycles. The minimum absolute atomic E-state index is 0.177. The summed E-state index contributed by atoms with van der Waals surface area (Å²) < 4.78 is 0. The normalized spacial score (nSPS) is 11.7. The van der Waals surface area contributed by atoms with Gasteiger partial charge in [0.1, 0.15) is 6.04 Å². The van der Waals surface area contributed by atoms with Gasteiger partial charge < -0.3 is 15.3 Å². The monoisotopic (exact) mass is 240 g/mol. The lowest BCUT2D eigenvalue weighted by Crippen LogP contribution is -2.48. The minimum Gasteiger partial charge on any atom is -0.480 e. The van der Waals surface area contributed by atoms with Crippen molar-refractivity contribution >= 4 is 12.0 Å². The van der Waals surface area contributed by atoms with Crippen molar-refractivity contribution in [3.8, 4) is 12.3 Å². The maximum Gasteiger partial charge on any atom is 0.326 e. The van der Waals surface area contributed by atoms with Gasteiger partial charge in [0.15, 0.2) is 0 Å². The van der Waals surface area contributed by atoms with Crippen LogP contribution in [-0.4, -0.2) is 41.1 Å². The first-order valence-corrected chi connectivity index (χ1v) is 5.64. The van der Waals surface area contributed by atoms with Crippen molar-refractivity contribution in [3.63, 3.8) is 0 Å². The fraction of sp³-hybridized carbons (Fsp3) is 0.667. The maximum atomic E-state index is 11.7. The molecule has 0 aliphatic heterocycles. The number of carboxylic acids is 1. The Morgan fingerprint density at radius 2 is 2.06 bits per heavy atom. The third kappa shape index (κ3) is 5.81. The highest BCUT2D eigenvalue weighted by Gasteiger charge is 2.22. The van der Waals surface area contributed by atoms with E-state index >= 15 is 0 Å². The second kappa shape index (κ2) is 7.55. The van der Waals surface area contributed by atoms with Crippen LogP contribution in [0.2, 0.25) is 0 Å². The second-order valence-corrected chi connectivity index (χ2v) is 4.19. The SMILES string of the molecule is C#CCN(CC)C(=O)NC(CC(C)C)C(=O)O. The molecule has 0 saturated heterocycles. The molecule has 5 heteroatoms. The second-order valence-electron chi connectivity index (χ2n) is 4.19. The topological polar surface area (TPSA) is 69.6 Å². The zero-order valence-electron chi connectivity index (χ0n) is 10.6. The molecule has 0 aliphatic carbocycles. The van der Waals surface area contributed by atoms with Crippen LogP contribution in [0.1, 0.15) is 27.2 Å². The molecule has 17 heavy (non-hydrogen) atoms. The Labute approximate surface area is 102 Å². The minimum atomic E-state index is -1.02. The highest BCUT2D eigenvalue weighted by molar-refractivity contribution is 5.82. The molecule has 0 aromatic rings. The summed E-state index contributed by atoms with van der Waals surface area (Å²) in [5.41, 5.74) is 0. The van der Waals surface area contributed by atoms with Gasteiger partial charge in [0, 0.05) is 6.54 Å². The van der Waals surface area contributed by atoms with E-state index in [9.17, 15) is 9.59 Å². The van der Waals surface area contributed by atoms with Gasteiger partial charge in [-0.2, -0.15) is 0 Å². The van der Waals surface area contributed by atoms with Gasteiger partial charge in [-0.25, -0.2) is 9.59 Å². The van der Waals surface area contributed by atoms with Crippen LogP contribution in [0.15, 0.2) is 0 Å². The average molecular weight is 240 g/mol. The first-order chi connectivity index (χ1) is 7.92. The summed E-state index contributed by atoms with van der Waals surface area (Å²) in [7, 11) is 0. The number of rotatable bonds is 6. The standard InChI is InChI=1S/C12H20N2O3/c1-5-7-14(6-2)12(17)13-10(11(15)16)8-9(3)4/h1,9-10H,6-8H2,2-4H3,(H,13,17)(H,15,16). The van der Waals surface area contributed by atoms with Crippen molar-refractivity contribution in [3.05, 3.63) is 0 Å². The molecular weight excluding hydrogens is 220 g/mol. The molecule has 1 atom stereocenters. The third-order valence-electron chi connectivity index (χ3n) is 2.25. The van der Waals surface area contributed by atoms with Gasteiger partial charge >= 0.3 is 12.0 Å². The van der Waals surface area contributed by atoms with Crippen molar-refractivity contribution < 1.29 is 14.7 Å². The molecular formula is C12H20N2O3. The molecule has 0 heterocycles. The lowest BCUT2D eigenvalue weighted by atomic mass is 10.0. The lowest BCUT2D eigenvalue weighted by Gasteiger charge is -2.22. The predicted molar refractivity (Wildman–Crippen MR) is 65.5 cm³/mol. The summed E-state index contributed by atoms with van der Waals surface area (Å²) in [6.45, 7) is 6.22. The van der Waals surface area contributed by atoms with Gasteiger partial charge in [0.25, 0.3) is 0 Å². The Bertz CT molecular complexity index is 307. The predicted octanol–water partition coefficient (Wildman–Crippen LogP) is 1.15. The smallest absolute Gasteiger partial charge is 0.326 e. The number of hydrogen-bond donors (Lipinski definition) is 2. The molecule has 96 valence electrons. The molecule has 2 N–H and O–H groups in total. The van der Waals surface area contributed by atoms with E-state index in [1.165, 1.54) is 4.90 Å². The van der Waals surface area contributed by atoms with Crippen molar-refractivity contribution in [1.82, 2.24) is 10.2 Å². The summed E-state index contributed by atoms with van der Waals surface area (Å²) in [6, 6.07) is -1.30. The molecule has 5 nitrogen and oxygen atoms in total. The number of nitrogens with one attached hydrogen (secondary N) is 1. The molecule has 0 fully saturated rings.